The van der Waals surface area contributed by atoms with Crippen molar-refractivity contribution in [2.45, 2.75) is 31.4 Å². The number of rotatable bonds is 5. The number of nitrogen functional groups attached to an aromatic ring is 1. The highest BCUT2D eigenvalue weighted by Crippen LogP contribution is 2.29. The van der Waals surface area contributed by atoms with Gasteiger partial charge in [-0.2, -0.15) is 0 Å². The highest BCUT2D eigenvalue weighted by atomic mass is 35.5. The second-order valence-corrected chi connectivity index (χ2v) is 5.86. The fraction of sp³-hybridized carbons (Fsp3) is 0.316. The van der Waals surface area contributed by atoms with E-state index in [9.17, 15) is 4.79 Å². The molecule has 0 bridgehead atoms. The van der Waals surface area contributed by atoms with Crippen molar-refractivity contribution in [3.05, 3.63) is 65.7 Å². The molecule has 2 aromatic rings. The van der Waals surface area contributed by atoms with Crippen molar-refractivity contribution in [2.24, 2.45) is 0 Å². The first-order chi connectivity index (χ1) is 11.2. The van der Waals surface area contributed by atoms with Crippen molar-refractivity contribution >= 4 is 24.0 Å². The number of ether oxygens (including phenoxy) is 1. The van der Waals surface area contributed by atoms with Crippen LogP contribution in [0.25, 0.3) is 0 Å². The zero-order valence-corrected chi connectivity index (χ0v) is 14.3. The normalized spacial score (nSPS) is 19.5. The molecule has 5 heteroatoms. The molecule has 3 rings (SSSR count). The van der Waals surface area contributed by atoms with Gasteiger partial charge in [-0.15, -0.1) is 12.4 Å². The largest absolute Gasteiger partial charge is 0.399 e. The Balaban J connectivity index is 0.00000208. The van der Waals surface area contributed by atoms with Gasteiger partial charge in [0, 0.05) is 18.7 Å². The summed E-state index contributed by atoms with van der Waals surface area (Å²) in [6.07, 6.45) is 1.88. The van der Waals surface area contributed by atoms with E-state index in [1.807, 2.05) is 54.6 Å². The second kappa shape index (κ2) is 8.71. The van der Waals surface area contributed by atoms with Gasteiger partial charge in [0.2, 0.25) is 5.91 Å². The van der Waals surface area contributed by atoms with Gasteiger partial charge in [-0.3, -0.25) is 4.79 Å². The summed E-state index contributed by atoms with van der Waals surface area (Å²) in [4.78, 5) is 12.3. The SMILES string of the molecule is Cl.Nc1ccccc1CCC(=O)NC1CCOC1c1ccccc1. The lowest BCUT2D eigenvalue weighted by atomic mass is 10.0. The van der Waals surface area contributed by atoms with Crippen molar-refractivity contribution in [1.29, 1.82) is 0 Å². The van der Waals surface area contributed by atoms with Gasteiger partial charge in [0.25, 0.3) is 0 Å². The van der Waals surface area contributed by atoms with Gasteiger partial charge in [-0.25, -0.2) is 0 Å². The minimum atomic E-state index is -0.0538. The van der Waals surface area contributed by atoms with Crippen LogP contribution < -0.4 is 11.1 Å². The van der Waals surface area contributed by atoms with Crippen LogP contribution in [0.15, 0.2) is 54.6 Å². The van der Waals surface area contributed by atoms with E-state index in [1.165, 1.54) is 0 Å². The lowest BCUT2D eigenvalue weighted by Gasteiger charge is -2.20. The molecule has 0 spiro atoms. The van der Waals surface area contributed by atoms with Crippen LogP contribution >= 0.6 is 12.4 Å². The molecule has 2 unspecified atom stereocenters. The lowest BCUT2D eigenvalue weighted by Crippen LogP contribution is -2.36. The number of anilines is 1. The van der Waals surface area contributed by atoms with E-state index < -0.39 is 0 Å². The number of para-hydroxylation sites is 1. The molecule has 0 aliphatic carbocycles. The van der Waals surface area contributed by atoms with E-state index >= 15 is 0 Å². The number of benzene rings is 2. The summed E-state index contributed by atoms with van der Waals surface area (Å²) in [6, 6.07) is 17.8. The molecule has 4 nitrogen and oxygen atoms in total. The molecule has 1 aliphatic heterocycles. The molecule has 0 aromatic heterocycles. The average Bonchev–Trinajstić information content (AvgIpc) is 3.03. The Kier molecular flexibility index (Phi) is 6.64. The van der Waals surface area contributed by atoms with E-state index in [1.54, 1.807) is 0 Å². The Labute approximate surface area is 148 Å². The van der Waals surface area contributed by atoms with Crippen LogP contribution in [-0.2, 0) is 16.0 Å². The molecular formula is C19H23ClN2O2. The maximum atomic E-state index is 12.3. The van der Waals surface area contributed by atoms with E-state index in [0.717, 1.165) is 23.2 Å². The molecule has 1 saturated heterocycles. The van der Waals surface area contributed by atoms with E-state index in [4.69, 9.17) is 10.5 Å². The topological polar surface area (TPSA) is 64.4 Å². The molecule has 2 aromatic carbocycles. The third-order valence-corrected chi connectivity index (χ3v) is 4.24. The Morgan fingerprint density at radius 3 is 2.58 bits per heavy atom. The quantitative estimate of drug-likeness (QED) is 0.817. The van der Waals surface area contributed by atoms with Crippen LogP contribution in [0.4, 0.5) is 5.69 Å². The third kappa shape index (κ3) is 4.49. The predicted octanol–water partition coefficient (Wildman–Crippen LogP) is 3.27. The molecule has 1 amide bonds. The summed E-state index contributed by atoms with van der Waals surface area (Å²) in [5.74, 6) is 0.0460. The van der Waals surface area contributed by atoms with Crippen molar-refractivity contribution in [2.75, 3.05) is 12.3 Å². The first kappa shape index (κ1) is 18.3. The van der Waals surface area contributed by atoms with E-state index in [0.29, 0.717) is 19.4 Å². The fourth-order valence-electron chi connectivity index (χ4n) is 3.00. The Hall–Kier alpha value is -2.04. The van der Waals surface area contributed by atoms with Crippen molar-refractivity contribution in [3.63, 3.8) is 0 Å². The van der Waals surface area contributed by atoms with Crippen LogP contribution in [0.5, 0.6) is 0 Å². The Bertz CT molecular complexity index is 663. The second-order valence-electron chi connectivity index (χ2n) is 5.86. The van der Waals surface area contributed by atoms with Crippen LogP contribution in [0.1, 0.15) is 30.1 Å². The number of amides is 1. The van der Waals surface area contributed by atoms with E-state index in [2.05, 4.69) is 5.32 Å². The number of nitrogens with two attached hydrogens (primary N) is 1. The predicted molar refractivity (Wildman–Crippen MR) is 98.1 cm³/mol. The smallest absolute Gasteiger partial charge is 0.220 e. The first-order valence-corrected chi connectivity index (χ1v) is 8.03. The number of halogens is 1. The number of hydrogen-bond acceptors (Lipinski definition) is 3. The molecule has 0 radical (unpaired) electrons. The van der Waals surface area contributed by atoms with Gasteiger partial charge in [0.15, 0.2) is 0 Å². The molecule has 0 saturated carbocycles. The standard InChI is InChI=1S/C19H22N2O2.ClH/c20-16-9-5-4-6-14(16)10-11-18(22)21-17-12-13-23-19(17)15-7-2-1-3-8-15;/h1-9,17,19H,10-13,20H2,(H,21,22);1H. The summed E-state index contributed by atoms with van der Waals surface area (Å²) in [5.41, 5.74) is 8.79. The number of aryl methyl sites for hydroxylation is 1. The zero-order valence-electron chi connectivity index (χ0n) is 13.5. The minimum absolute atomic E-state index is 0. The van der Waals surface area contributed by atoms with Crippen molar-refractivity contribution in [3.8, 4) is 0 Å². The third-order valence-electron chi connectivity index (χ3n) is 4.24. The molecular weight excluding hydrogens is 324 g/mol. The monoisotopic (exact) mass is 346 g/mol. The average molecular weight is 347 g/mol. The molecule has 1 fully saturated rings. The molecule has 2 atom stereocenters. The zero-order chi connectivity index (χ0) is 16.1. The van der Waals surface area contributed by atoms with Gasteiger partial charge in [0.05, 0.1) is 6.04 Å². The number of carbonyl (C=O) groups is 1. The van der Waals surface area contributed by atoms with Crippen molar-refractivity contribution < 1.29 is 9.53 Å². The van der Waals surface area contributed by atoms with Gasteiger partial charge in [-0.05, 0) is 30.0 Å². The van der Waals surface area contributed by atoms with Gasteiger partial charge in [0.1, 0.15) is 6.10 Å². The summed E-state index contributed by atoms with van der Waals surface area (Å²) in [7, 11) is 0. The van der Waals surface area contributed by atoms with Crippen LogP contribution in [0, 0.1) is 0 Å². The number of nitrogens with one attached hydrogen (secondary N) is 1. The Morgan fingerprint density at radius 2 is 1.83 bits per heavy atom. The van der Waals surface area contributed by atoms with Crippen LogP contribution in [0.3, 0.4) is 0 Å². The highest BCUT2D eigenvalue weighted by Gasteiger charge is 2.30. The van der Waals surface area contributed by atoms with E-state index in [-0.39, 0.29) is 30.5 Å². The molecule has 1 aliphatic rings. The summed E-state index contributed by atoms with van der Waals surface area (Å²) < 4.78 is 5.80. The minimum Gasteiger partial charge on any atom is -0.399 e. The van der Waals surface area contributed by atoms with Gasteiger partial charge >= 0.3 is 0 Å². The summed E-state index contributed by atoms with van der Waals surface area (Å²) in [5, 5.41) is 3.11. The maximum Gasteiger partial charge on any atom is 0.220 e. The number of hydrogen-bond donors (Lipinski definition) is 2. The maximum absolute atomic E-state index is 12.3. The van der Waals surface area contributed by atoms with Gasteiger partial charge < -0.3 is 15.8 Å². The first-order valence-electron chi connectivity index (χ1n) is 8.03. The number of carbonyl (C=O) groups excluding carboxylic acids is 1. The van der Waals surface area contributed by atoms with Crippen molar-refractivity contribution in [1.82, 2.24) is 5.32 Å². The summed E-state index contributed by atoms with van der Waals surface area (Å²) in [6.45, 7) is 0.677. The molecule has 128 valence electrons. The molecule has 1 heterocycles. The molecule has 3 N–H and O–H groups in total. The van der Waals surface area contributed by atoms with Crippen LogP contribution in [0.2, 0.25) is 0 Å². The Morgan fingerprint density at radius 1 is 1.12 bits per heavy atom. The lowest BCUT2D eigenvalue weighted by molar-refractivity contribution is -0.122. The van der Waals surface area contributed by atoms with Gasteiger partial charge in [-0.1, -0.05) is 48.5 Å². The fourth-order valence-corrected chi connectivity index (χ4v) is 3.00. The molecule has 24 heavy (non-hydrogen) atoms. The highest BCUT2D eigenvalue weighted by molar-refractivity contribution is 5.85. The summed E-state index contributed by atoms with van der Waals surface area (Å²) >= 11 is 0. The van der Waals surface area contributed by atoms with Crippen LogP contribution in [-0.4, -0.2) is 18.6 Å².